The van der Waals surface area contributed by atoms with E-state index in [2.05, 4.69) is 12.2 Å². The zero-order valence-corrected chi connectivity index (χ0v) is 16.6. The van der Waals surface area contributed by atoms with Gasteiger partial charge in [-0.05, 0) is 6.42 Å². The van der Waals surface area contributed by atoms with E-state index in [4.69, 9.17) is 10.2 Å². The Balaban J connectivity index is -0.00000220. The molecule has 1 unspecified atom stereocenters. The van der Waals surface area contributed by atoms with E-state index < -0.39 is 30.5 Å². The van der Waals surface area contributed by atoms with Gasteiger partial charge >= 0.3 is 41.5 Å². The molecule has 6 nitrogen and oxygen atoms in total. The van der Waals surface area contributed by atoms with Crippen LogP contribution in [0, 0.1) is 0 Å². The first-order valence-electron chi connectivity index (χ1n) is 8.33. The maximum atomic E-state index is 10.8. The van der Waals surface area contributed by atoms with E-state index in [1.165, 1.54) is 38.5 Å². The molecule has 23 heavy (non-hydrogen) atoms. The Morgan fingerprint density at radius 1 is 1.00 bits per heavy atom. The Kier molecular flexibility index (Phi) is 18.2. The van der Waals surface area contributed by atoms with Gasteiger partial charge in [-0.3, -0.25) is 9.59 Å². The van der Waals surface area contributed by atoms with Crippen LogP contribution < -0.4 is 34.9 Å². The Morgan fingerprint density at radius 2 is 1.52 bits per heavy atom. The smallest absolute Gasteiger partial charge is 1.00 e. The van der Waals surface area contributed by atoms with Crippen molar-refractivity contribution in [2.45, 2.75) is 83.3 Å². The SMILES string of the molecule is CCCCCCCCCCC(O)CN[C@@H](CC(=O)O)C(=O)O.[H-].[Na+]. The summed E-state index contributed by atoms with van der Waals surface area (Å²) in [5, 5.41) is 29.9. The summed E-state index contributed by atoms with van der Waals surface area (Å²) in [5.74, 6) is -2.38. The predicted molar refractivity (Wildman–Crippen MR) is 86.0 cm³/mol. The maximum absolute atomic E-state index is 10.8. The van der Waals surface area contributed by atoms with Crippen LogP contribution in [-0.4, -0.2) is 45.9 Å². The van der Waals surface area contributed by atoms with Crippen molar-refractivity contribution in [3.63, 3.8) is 0 Å². The molecule has 7 heteroatoms. The molecule has 0 saturated carbocycles. The minimum Gasteiger partial charge on any atom is -1.00 e. The van der Waals surface area contributed by atoms with Crippen LogP contribution in [0.1, 0.15) is 72.6 Å². The first-order valence-corrected chi connectivity index (χ1v) is 8.33. The van der Waals surface area contributed by atoms with Gasteiger partial charge in [-0.2, -0.15) is 0 Å². The van der Waals surface area contributed by atoms with Gasteiger partial charge < -0.3 is 22.1 Å². The molecule has 2 atom stereocenters. The van der Waals surface area contributed by atoms with Crippen molar-refractivity contribution in [1.82, 2.24) is 5.32 Å². The number of unbranched alkanes of at least 4 members (excludes halogenated alkanes) is 7. The van der Waals surface area contributed by atoms with Crippen molar-refractivity contribution in [3.05, 3.63) is 0 Å². The largest absolute Gasteiger partial charge is 1.00 e. The van der Waals surface area contributed by atoms with Crippen molar-refractivity contribution < 1.29 is 55.9 Å². The van der Waals surface area contributed by atoms with Crippen molar-refractivity contribution >= 4 is 11.9 Å². The van der Waals surface area contributed by atoms with Gasteiger partial charge in [0.2, 0.25) is 0 Å². The number of hydrogen-bond donors (Lipinski definition) is 4. The topological polar surface area (TPSA) is 107 Å². The molecule has 0 aliphatic rings. The van der Waals surface area contributed by atoms with E-state index >= 15 is 0 Å². The second kappa shape index (κ2) is 16.7. The number of hydrogen-bond acceptors (Lipinski definition) is 4. The van der Waals surface area contributed by atoms with Gasteiger partial charge in [0.05, 0.1) is 12.5 Å². The minimum atomic E-state index is -1.21. The Bertz CT molecular complexity index is 321. The monoisotopic (exact) mass is 341 g/mol. The second-order valence-electron chi connectivity index (χ2n) is 5.81. The Morgan fingerprint density at radius 3 is 2.00 bits per heavy atom. The van der Waals surface area contributed by atoms with Gasteiger partial charge in [-0.1, -0.05) is 58.3 Å². The van der Waals surface area contributed by atoms with Crippen molar-refractivity contribution in [2.24, 2.45) is 0 Å². The number of carbonyl (C=O) groups is 2. The van der Waals surface area contributed by atoms with Gasteiger partial charge in [-0.15, -0.1) is 0 Å². The number of aliphatic hydroxyl groups excluding tert-OH is 1. The molecule has 4 N–H and O–H groups in total. The average molecular weight is 341 g/mol. The summed E-state index contributed by atoms with van der Waals surface area (Å²) in [6.45, 7) is 2.31. The van der Waals surface area contributed by atoms with Crippen LogP contribution in [-0.2, 0) is 9.59 Å². The zero-order chi connectivity index (χ0) is 16.8. The van der Waals surface area contributed by atoms with Crippen LogP contribution in [0.2, 0.25) is 0 Å². The minimum absolute atomic E-state index is 0. The van der Waals surface area contributed by atoms with E-state index in [1.807, 2.05) is 0 Å². The molecular weight excluding hydrogens is 309 g/mol. The van der Waals surface area contributed by atoms with Crippen LogP contribution >= 0.6 is 0 Å². The molecule has 0 aromatic rings. The van der Waals surface area contributed by atoms with Crippen LogP contribution in [0.3, 0.4) is 0 Å². The van der Waals surface area contributed by atoms with Crippen LogP contribution in [0.4, 0.5) is 0 Å². The fraction of sp³-hybridized carbons (Fsp3) is 0.875. The van der Waals surface area contributed by atoms with Crippen LogP contribution in [0.25, 0.3) is 0 Å². The molecule has 0 spiro atoms. The van der Waals surface area contributed by atoms with Crippen molar-refractivity contribution in [1.29, 1.82) is 0 Å². The molecule has 0 aliphatic heterocycles. The first kappa shape index (κ1) is 25.1. The van der Waals surface area contributed by atoms with Gasteiger partial charge in [0, 0.05) is 6.54 Å². The summed E-state index contributed by atoms with van der Waals surface area (Å²) in [6.07, 6.45) is 8.99. The molecule has 0 aromatic carbocycles. The molecule has 0 rings (SSSR count). The summed E-state index contributed by atoms with van der Waals surface area (Å²) in [6, 6.07) is -1.15. The van der Waals surface area contributed by atoms with Crippen molar-refractivity contribution in [3.8, 4) is 0 Å². The number of nitrogens with one attached hydrogen (secondary N) is 1. The second-order valence-corrected chi connectivity index (χ2v) is 5.81. The number of rotatable bonds is 15. The Hall–Kier alpha value is -0.140. The molecule has 0 bridgehead atoms. The molecule has 0 radical (unpaired) electrons. The summed E-state index contributed by atoms with van der Waals surface area (Å²) >= 11 is 0. The number of carboxylic acids is 2. The van der Waals surface area contributed by atoms with Crippen LogP contribution in [0.15, 0.2) is 0 Å². The summed E-state index contributed by atoms with van der Waals surface area (Å²) in [4.78, 5) is 21.4. The number of carboxylic acid groups (broad SMARTS) is 2. The van der Waals surface area contributed by atoms with Crippen LogP contribution in [0.5, 0.6) is 0 Å². The fourth-order valence-corrected chi connectivity index (χ4v) is 2.32. The molecule has 0 heterocycles. The summed E-state index contributed by atoms with van der Waals surface area (Å²) < 4.78 is 0. The normalized spacial score (nSPS) is 13.1. The van der Waals surface area contributed by atoms with E-state index in [0.29, 0.717) is 6.42 Å². The zero-order valence-electron chi connectivity index (χ0n) is 15.6. The van der Waals surface area contributed by atoms with E-state index in [-0.39, 0.29) is 37.5 Å². The van der Waals surface area contributed by atoms with E-state index in [1.54, 1.807) is 0 Å². The predicted octanol–water partition coefficient (Wildman–Crippen LogP) is -0.488. The number of aliphatic hydroxyl groups is 1. The molecular formula is C16H32NNaO5. The van der Waals surface area contributed by atoms with Gasteiger partial charge in [-0.25, -0.2) is 0 Å². The summed E-state index contributed by atoms with van der Waals surface area (Å²) in [7, 11) is 0. The quantitative estimate of drug-likeness (QED) is 0.237. The first-order chi connectivity index (χ1) is 10.5. The molecule has 132 valence electrons. The fourth-order valence-electron chi connectivity index (χ4n) is 2.32. The standard InChI is InChI=1S/C16H31NO5.Na.H/c1-2-3-4-5-6-7-8-9-10-13(18)12-17-14(16(21)22)11-15(19)20;;/h13-14,17-18H,2-12H2,1H3,(H,19,20)(H,21,22);;/q;+1;-1/t13?,14-;;/m0../s1. The summed E-state index contributed by atoms with van der Waals surface area (Å²) in [5.41, 5.74) is 0. The molecule has 0 fully saturated rings. The third kappa shape index (κ3) is 16.5. The van der Waals surface area contributed by atoms with E-state index in [9.17, 15) is 14.7 Å². The number of aliphatic carboxylic acids is 2. The third-order valence-electron chi connectivity index (χ3n) is 3.67. The average Bonchev–Trinajstić information content (AvgIpc) is 2.45. The van der Waals surface area contributed by atoms with E-state index in [0.717, 1.165) is 12.8 Å². The van der Waals surface area contributed by atoms with Gasteiger partial charge in [0.25, 0.3) is 0 Å². The van der Waals surface area contributed by atoms with Gasteiger partial charge in [0.15, 0.2) is 0 Å². The molecule has 0 saturated heterocycles. The molecule has 0 amide bonds. The van der Waals surface area contributed by atoms with Crippen molar-refractivity contribution in [2.75, 3.05) is 6.54 Å². The van der Waals surface area contributed by atoms with Gasteiger partial charge in [0.1, 0.15) is 6.04 Å². The molecule has 0 aromatic heterocycles. The Labute approximate surface area is 162 Å². The third-order valence-corrected chi connectivity index (χ3v) is 3.67. The maximum Gasteiger partial charge on any atom is 1.00 e. The molecule has 0 aliphatic carbocycles.